The number of allylic oxidation sites excluding steroid dienone is 1. The molecule has 0 amide bonds. The monoisotopic (exact) mass is 405 g/mol. The second-order valence-electron chi connectivity index (χ2n) is 8.41. The van der Waals surface area contributed by atoms with Crippen LogP contribution in [-0.4, -0.2) is 32.9 Å². The van der Waals surface area contributed by atoms with Crippen LogP contribution in [0.25, 0.3) is 11.0 Å². The Morgan fingerprint density at radius 2 is 2.00 bits per heavy atom. The lowest BCUT2D eigenvalue weighted by Crippen LogP contribution is -2.31. The summed E-state index contributed by atoms with van der Waals surface area (Å²) in [6, 6.07) is 10.6. The van der Waals surface area contributed by atoms with Gasteiger partial charge in [0, 0.05) is 12.7 Å². The van der Waals surface area contributed by atoms with Gasteiger partial charge in [-0.1, -0.05) is 29.8 Å². The van der Waals surface area contributed by atoms with Gasteiger partial charge in [-0.2, -0.15) is 0 Å². The molecule has 0 spiro atoms. The van der Waals surface area contributed by atoms with Crippen molar-refractivity contribution < 1.29 is 0 Å². The van der Waals surface area contributed by atoms with Crippen LogP contribution in [0.15, 0.2) is 48.2 Å². The summed E-state index contributed by atoms with van der Waals surface area (Å²) in [5.74, 6) is 1.02. The smallest absolute Gasteiger partial charge is 0.125 e. The molecule has 0 bridgehead atoms. The van der Waals surface area contributed by atoms with E-state index in [4.69, 9.17) is 15.7 Å². The quantitative estimate of drug-likeness (QED) is 0.359. The van der Waals surface area contributed by atoms with Gasteiger partial charge in [0.05, 0.1) is 22.8 Å². The van der Waals surface area contributed by atoms with Gasteiger partial charge in [0.1, 0.15) is 5.82 Å². The Bertz CT molecular complexity index is 951. The van der Waals surface area contributed by atoms with Gasteiger partial charge in [-0.15, -0.1) is 0 Å². The van der Waals surface area contributed by atoms with E-state index in [1.54, 1.807) is 0 Å². The highest BCUT2D eigenvalue weighted by molar-refractivity contribution is 5.74. The number of nitrogens with zero attached hydrogens (tertiary/aromatic N) is 3. The third-order valence-electron chi connectivity index (χ3n) is 5.49. The zero-order valence-corrected chi connectivity index (χ0v) is 18.8. The van der Waals surface area contributed by atoms with Crippen molar-refractivity contribution in [2.45, 2.75) is 59.5 Å². The lowest BCUT2D eigenvalue weighted by molar-refractivity contribution is 0.176. The Balaban J connectivity index is 1.96. The first-order chi connectivity index (χ1) is 14.5. The molecule has 0 saturated heterocycles. The number of nitrogens with two attached hydrogens (primary N) is 1. The number of para-hydroxylation sites is 2. The second kappa shape index (κ2) is 10.5. The van der Waals surface area contributed by atoms with Crippen LogP contribution in [0, 0.1) is 13.8 Å². The fourth-order valence-electron chi connectivity index (χ4n) is 3.82. The second-order valence-corrected chi connectivity index (χ2v) is 8.41. The fourth-order valence-corrected chi connectivity index (χ4v) is 3.82. The van der Waals surface area contributed by atoms with Crippen molar-refractivity contribution in [3.05, 3.63) is 70.8 Å². The van der Waals surface area contributed by atoms with Gasteiger partial charge in [0.25, 0.3) is 0 Å². The molecule has 5 heteroatoms. The molecule has 3 N–H and O–H groups in total. The Morgan fingerprint density at radius 3 is 2.70 bits per heavy atom. The third kappa shape index (κ3) is 5.77. The molecule has 0 radical (unpaired) electrons. The van der Waals surface area contributed by atoms with Gasteiger partial charge < -0.3 is 10.7 Å². The van der Waals surface area contributed by atoms with Crippen molar-refractivity contribution in [1.29, 1.82) is 0 Å². The molecule has 160 valence electrons. The SMILES string of the molecule is CC(C)=CCC(c1nc2ccccc2[nH]1)N(CCCCN)Cc1ncc(C)cc1C. The van der Waals surface area contributed by atoms with E-state index >= 15 is 0 Å². The van der Waals surface area contributed by atoms with Crippen LogP contribution < -0.4 is 5.73 Å². The van der Waals surface area contributed by atoms with E-state index in [0.717, 1.165) is 61.4 Å². The van der Waals surface area contributed by atoms with E-state index in [0.29, 0.717) is 0 Å². The van der Waals surface area contributed by atoms with Crippen LogP contribution in [-0.2, 0) is 6.54 Å². The van der Waals surface area contributed by atoms with E-state index in [1.807, 2.05) is 18.3 Å². The van der Waals surface area contributed by atoms with E-state index in [1.165, 1.54) is 16.7 Å². The Hall–Kier alpha value is -2.50. The standard InChI is InChI=1S/C25H35N5/c1-18(2)11-12-24(25-28-21-9-5-6-10-22(21)29-25)30(14-8-7-13-26)17-23-20(4)15-19(3)16-27-23/h5-6,9-11,15-16,24H,7-8,12-14,17,26H2,1-4H3,(H,28,29). The Morgan fingerprint density at radius 1 is 1.20 bits per heavy atom. The highest BCUT2D eigenvalue weighted by Crippen LogP contribution is 2.28. The molecule has 2 aromatic heterocycles. The van der Waals surface area contributed by atoms with Crippen molar-refractivity contribution in [2.24, 2.45) is 5.73 Å². The van der Waals surface area contributed by atoms with Gasteiger partial charge in [0.15, 0.2) is 0 Å². The highest BCUT2D eigenvalue weighted by atomic mass is 15.2. The number of fused-ring (bicyclic) bond motifs is 1. The number of hydrogen-bond donors (Lipinski definition) is 2. The first kappa shape index (κ1) is 22.2. The molecular formula is C25H35N5. The molecule has 3 aromatic rings. The van der Waals surface area contributed by atoms with Crippen molar-refractivity contribution >= 4 is 11.0 Å². The van der Waals surface area contributed by atoms with Gasteiger partial charge in [-0.3, -0.25) is 9.88 Å². The molecule has 0 aliphatic carbocycles. The van der Waals surface area contributed by atoms with Crippen molar-refractivity contribution in [3.8, 4) is 0 Å². The summed E-state index contributed by atoms with van der Waals surface area (Å²) in [5.41, 5.74) is 12.8. The summed E-state index contributed by atoms with van der Waals surface area (Å²) >= 11 is 0. The molecule has 0 aliphatic heterocycles. The Kier molecular flexibility index (Phi) is 7.77. The van der Waals surface area contributed by atoms with Gasteiger partial charge in [0.2, 0.25) is 0 Å². The number of imidazole rings is 1. The summed E-state index contributed by atoms with van der Waals surface area (Å²) in [7, 11) is 0. The highest BCUT2D eigenvalue weighted by Gasteiger charge is 2.24. The molecule has 0 saturated carbocycles. The number of aromatic nitrogens is 3. The molecule has 0 fully saturated rings. The van der Waals surface area contributed by atoms with E-state index < -0.39 is 0 Å². The third-order valence-corrected chi connectivity index (χ3v) is 5.49. The van der Waals surface area contributed by atoms with Crippen LogP contribution in [0.5, 0.6) is 0 Å². The maximum atomic E-state index is 5.79. The van der Waals surface area contributed by atoms with Crippen LogP contribution in [0.3, 0.4) is 0 Å². The van der Waals surface area contributed by atoms with Crippen molar-refractivity contribution in [2.75, 3.05) is 13.1 Å². The number of pyridine rings is 1. The molecule has 1 aromatic carbocycles. The number of aromatic amines is 1. The van der Waals surface area contributed by atoms with E-state index in [2.05, 4.69) is 61.9 Å². The van der Waals surface area contributed by atoms with Crippen LogP contribution in [0.2, 0.25) is 0 Å². The fraction of sp³-hybridized carbons (Fsp3) is 0.440. The van der Waals surface area contributed by atoms with Gasteiger partial charge in [-0.25, -0.2) is 4.98 Å². The zero-order valence-electron chi connectivity index (χ0n) is 18.8. The molecule has 30 heavy (non-hydrogen) atoms. The van der Waals surface area contributed by atoms with Crippen LogP contribution in [0.4, 0.5) is 0 Å². The predicted octanol–water partition coefficient (Wildman–Crippen LogP) is 5.21. The number of hydrogen-bond acceptors (Lipinski definition) is 4. The lowest BCUT2D eigenvalue weighted by Gasteiger charge is -2.30. The number of H-pyrrole nitrogens is 1. The van der Waals surface area contributed by atoms with Crippen molar-refractivity contribution in [3.63, 3.8) is 0 Å². The molecular weight excluding hydrogens is 370 g/mol. The molecule has 0 aliphatic rings. The first-order valence-electron chi connectivity index (χ1n) is 10.9. The summed E-state index contributed by atoms with van der Waals surface area (Å²) in [4.78, 5) is 15.8. The average molecular weight is 406 g/mol. The minimum absolute atomic E-state index is 0.160. The van der Waals surface area contributed by atoms with Crippen LogP contribution in [0.1, 0.15) is 61.8 Å². The lowest BCUT2D eigenvalue weighted by atomic mass is 10.1. The number of nitrogens with one attached hydrogen (secondary N) is 1. The van der Waals surface area contributed by atoms with Crippen LogP contribution >= 0.6 is 0 Å². The Labute approximate surface area is 180 Å². The molecule has 1 atom stereocenters. The molecule has 5 nitrogen and oxygen atoms in total. The maximum absolute atomic E-state index is 5.79. The average Bonchev–Trinajstić information content (AvgIpc) is 3.13. The van der Waals surface area contributed by atoms with Crippen molar-refractivity contribution in [1.82, 2.24) is 19.9 Å². The zero-order chi connectivity index (χ0) is 21.5. The molecule has 1 unspecified atom stereocenters. The summed E-state index contributed by atoms with van der Waals surface area (Å²) in [6.45, 7) is 11.0. The van der Waals surface area contributed by atoms with E-state index in [9.17, 15) is 0 Å². The predicted molar refractivity (Wildman–Crippen MR) is 125 cm³/mol. The first-order valence-corrected chi connectivity index (χ1v) is 10.9. The largest absolute Gasteiger partial charge is 0.341 e. The minimum Gasteiger partial charge on any atom is -0.341 e. The topological polar surface area (TPSA) is 70.8 Å². The minimum atomic E-state index is 0.160. The number of rotatable bonds is 10. The maximum Gasteiger partial charge on any atom is 0.125 e. The normalized spacial score (nSPS) is 12.5. The van der Waals surface area contributed by atoms with Gasteiger partial charge >= 0.3 is 0 Å². The summed E-state index contributed by atoms with van der Waals surface area (Å²) < 4.78 is 0. The van der Waals surface area contributed by atoms with Gasteiger partial charge in [-0.05, 0) is 83.3 Å². The van der Waals surface area contributed by atoms with E-state index in [-0.39, 0.29) is 6.04 Å². The molecule has 3 rings (SSSR count). The summed E-state index contributed by atoms with van der Waals surface area (Å²) in [6.07, 6.45) is 7.27. The number of unbranched alkanes of at least 4 members (excludes halogenated alkanes) is 1. The number of benzene rings is 1. The molecule has 2 heterocycles. The summed E-state index contributed by atoms with van der Waals surface area (Å²) in [5, 5.41) is 0. The number of aryl methyl sites for hydroxylation is 2.